The topological polar surface area (TPSA) is 79.0 Å². The van der Waals surface area contributed by atoms with Gasteiger partial charge in [-0.3, -0.25) is 9.69 Å². The van der Waals surface area contributed by atoms with Gasteiger partial charge in [0.05, 0.1) is 23.7 Å². The highest BCUT2D eigenvalue weighted by molar-refractivity contribution is 7.89. The van der Waals surface area contributed by atoms with Crippen molar-refractivity contribution in [3.63, 3.8) is 0 Å². The summed E-state index contributed by atoms with van der Waals surface area (Å²) in [5.74, 6) is 0.0551. The van der Waals surface area contributed by atoms with Crippen molar-refractivity contribution in [1.29, 1.82) is 0 Å². The summed E-state index contributed by atoms with van der Waals surface area (Å²) in [6.07, 6.45) is 0. The number of rotatable bonds is 7. The normalized spacial score (nSPS) is 15.3. The van der Waals surface area contributed by atoms with Gasteiger partial charge in [0, 0.05) is 39.2 Å². The first kappa shape index (κ1) is 23.9. The number of piperazine rings is 1. The van der Waals surface area contributed by atoms with E-state index in [9.17, 15) is 13.2 Å². The lowest BCUT2D eigenvalue weighted by Gasteiger charge is -2.39. The molecule has 8 heteroatoms. The van der Waals surface area contributed by atoms with E-state index in [1.807, 2.05) is 36.4 Å². The highest BCUT2D eigenvalue weighted by Gasteiger charge is 2.32. The van der Waals surface area contributed by atoms with E-state index in [-0.39, 0.29) is 16.8 Å². The highest BCUT2D eigenvalue weighted by Crippen LogP contribution is 2.32. The van der Waals surface area contributed by atoms with Gasteiger partial charge in [-0.2, -0.15) is 4.31 Å². The molecule has 0 aliphatic carbocycles. The largest absolute Gasteiger partial charge is 0.495 e. The molecule has 3 aromatic rings. The summed E-state index contributed by atoms with van der Waals surface area (Å²) >= 11 is 0. The molecule has 34 heavy (non-hydrogen) atoms. The molecule has 1 heterocycles. The van der Waals surface area contributed by atoms with Crippen LogP contribution in [0.15, 0.2) is 83.8 Å². The number of amides is 1. The fourth-order valence-electron chi connectivity index (χ4n) is 4.36. The van der Waals surface area contributed by atoms with Crippen molar-refractivity contribution in [2.75, 3.05) is 38.6 Å². The van der Waals surface area contributed by atoms with E-state index in [1.54, 1.807) is 6.07 Å². The number of hydrogen-bond donors (Lipinski definition) is 1. The third-order valence-corrected chi connectivity index (χ3v) is 7.89. The number of nitrogens with one attached hydrogen (secondary N) is 1. The first-order valence-electron chi connectivity index (χ1n) is 11.2. The van der Waals surface area contributed by atoms with Crippen molar-refractivity contribution in [3.05, 3.63) is 90.0 Å². The molecule has 1 amide bonds. The molecule has 1 aliphatic heterocycles. The first-order chi connectivity index (χ1) is 16.4. The molecule has 3 aromatic carbocycles. The highest BCUT2D eigenvalue weighted by atomic mass is 32.2. The SMILES string of the molecule is COc1cc(S(=O)(=O)N2CCN(C(c3ccccc3)c3ccccc3)CC2)ccc1NC(C)=O. The Morgan fingerprint density at radius 3 is 1.94 bits per heavy atom. The number of methoxy groups -OCH3 is 1. The zero-order chi connectivity index (χ0) is 24.1. The summed E-state index contributed by atoms with van der Waals surface area (Å²) in [6, 6.07) is 25.2. The minimum atomic E-state index is -3.70. The second kappa shape index (κ2) is 10.4. The summed E-state index contributed by atoms with van der Waals surface area (Å²) in [6.45, 7) is 3.37. The summed E-state index contributed by atoms with van der Waals surface area (Å²) in [5, 5.41) is 2.65. The van der Waals surface area contributed by atoms with E-state index in [0.29, 0.717) is 37.6 Å². The van der Waals surface area contributed by atoms with Crippen molar-refractivity contribution < 1.29 is 17.9 Å². The molecule has 1 fully saturated rings. The first-order valence-corrected chi connectivity index (χ1v) is 12.6. The maximum Gasteiger partial charge on any atom is 0.243 e. The standard InChI is InChI=1S/C26H29N3O4S/c1-20(30)27-24-14-13-23(19-25(24)33-2)34(31,32)29-17-15-28(16-18-29)26(21-9-5-3-6-10-21)22-11-7-4-8-12-22/h3-14,19,26H,15-18H2,1-2H3,(H,27,30). The van der Waals surface area contributed by atoms with Gasteiger partial charge in [0.15, 0.2) is 0 Å². The van der Waals surface area contributed by atoms with E-state index >= 15 is 0 Å². The molecule has 0 spiro atoms. The van der Waals surface area contributed by atoms with Crippen LogP contribution in [0.3, 0.4) is 0 Å². The molecular formula is C26H29N3O4S. The quantitative estimate of drug-likeness (QED) is 0.558. The van der Waals surface area contributed by atoms with Gasteiger partial charge in [0.25, 0.3) is 0 Å². The number of ether oxygens (including phenoxy) is 1. The van der Waals surface area contributed by atoms with Gasteiger partial charge in [0.1, 0.15) is 5.75 Å². The monoisotopic (exact) mass is 479 g/mol. The third kappa shape index (κ3) is 5.14. The Balaban J connectivity index is 1.54. The lowest BCUT2D eigenvalue weighted by Crippen LogP contribution is -2.49. The zero-order valence-electron chi connectivity index (χ0n) is 19.3. The van der Waals surface area contributed by atoms with E-state index < -0.39 is 10.0 Å². The number of anilines is 1. The lowest BCUT2D eigenvalue weighted by atomic mass is 9.96. The lowest BCUT2D eigenvalue weighted by molar-refractivity contribution is -0.114. The van der Waals surface area contributed by atoms with Crippen molar-refractivity contribution >= 4 is 21.6 Å². The number of benzene rings is 3. The number of hydrogen-bond acceptors (Lipinski definition) is 5. The van der Waals surface area contributed by atoms with Crippen LogP contribution in [-0.4, -0.2) is 56.8 Å². The predicted octanol–water partition coefficient (Wildman–Crippen LogP) is 3.75. The Kier molecular flexibility index (Phi) is 7.31. The molecular weight excluding hydrogens is 450 g/mol. The molecule has 7 nitrogen and oxygen atoms in total. The Labute approximate surface area is 201 Å². The average Bonchev–Trinajstić information content (AvgIpc) is 2.86. The minimum Gasteiger partial charge on any atom is -0.495 e. The molecule has 1 aliphatic rings. The van der Waals surface area contributed by atoms with Crippen molar-refractivity contribution in [2.45, 2.75) is 17.9 Å². The van der Waals surface area contributed by atoms with E-state index in [2.05, 4.69) is 34.5 Å². The van der Waals surface area contributed by atoms with E-state index in [1.165, 1.54) is 41.6 Å². The molecule has 1 saturated heterocycles. The Bertz CT molecular complexity index is 1190. The van der Waals surface area contributed by atoms with Crippen LogP contribution in [0.2, 0.25) is 0 Å². The van der Waals surface area contributed by atoms with Crippen LogP contribution < -0.4 is 10.1 Å². The average molecular weight is 480 g/mol. The summed E-state index contributed by atoms with van der Waals surface area (Å²) in [5.41, 5.74) is 2.80. The Morgan fingerprint density at radius 2 is 1.44 bits per heavy atom. The maximum atomic E-state index is 13.4. The number of carbonyl (C=O) groups excluding carboxylic acids is 1. The van der Waals surface area contributed by atoms with Gasteiger partial charge in [-0.05, 0) is 23.3 Å². The number of carbonyl (C=O) groups is 1. The van der Waals surface area contributed by atoms with Gasteiger partial charge >= 0.3 is 0 Å². The third-order valence-electron chi connectivity index (χ3n) is 5.99. The minimum absolute atomic E-state index is 0.0595. The van der Waals surface area contributed by atoms with Crippen LogP contribution in [0.4, 0.5) is 5.69 Å². The van der Waals surface area contributed by atoms with E-state index in [0.717, 1.165) is 0 Å². The predicted molar refractivity (Wildman–Crippen MR) is 132 cm³/mol. The van der Waals surface area contributed by atoms with Crippen LogP contribution >= 0.6 is 0 Å². The smallest absolute Gasteiger partial charge is 0.243 e. The van der Waals surface area contributed by atoms with Crippen molar-refractivity contribution in [3.8, 4) is 5.75 Å². The second-order valence-corrected chi connectivity index (χ2v) is 10.1. The van der Waals surface area contributed by atoms with Crippen LogP contribution in [0.1, 0.15) is 24.1 Å². The van der Waals surface area contributed by atoms with Crippen LogP contribution in [0, 0.1) is 0 Å². The fraction of sp³-hybridized carbons (Fsp3) is 0.269. The van der Waals surface area contributed by atoms with Gasteiger partial charge in [-0.1, -0.05) is 60.7 Å². The van der Waals surface area contributed by atoms with Gasteiger partial charge in [0.2, 0.25) is 15.9 Å². The van der Waals surface area contributed by atoms with Crippen molar-refractivity contribution in [2.24, 2.45) is 0 Å². The van der Waals surface area contributed by atoms with Crippen LogP contribution in [0.5, 0.6) is 5.75 Å². The van der Waals surface area contributed by atoms with Crippen LogP contribution in [0.25, 0.3) is 0 Å². The summed E-state index contributed by atoms with van der Waals surface area (Å²) in [7, 11) is -2.26. The Morgan fingerprint density at radius 1 is 0.882 bits per heavy atom. The van der Waals surface area contributed by atoms with Crippen LogP contribution in [-0.2, 0) is 14.8 Å². The number of sulfonamides is 1. The maximum absolute atomic E-state index is 13.4. The molecule has 0 aromatic heterocycles. The molecule has 4 rings (SSSR count). The second-order valence-electron chi connectivity index (χ2n) is 8.21. The summed E-state index contributed by atoms with van der Waals surface area (Å²) in [4.78, 5) is 13.9. The molecule has 1 N–H and O–H groups in total. The molecule has 178 valence electrons. The molecule has 0 bridgehead atoms. The fourth-order valence-corrected chi connectivity index (χ4v) is 5.80. The molecule has 0 atom stereocenters. The van der Waals surface area contributed by atoms with Crippen molar-refractivity contribution in [1.82, 2.24) is 9.21 Å². The molecule has 0 saturated carbocycles. The van der Waals surface area contributed by atoms with Gasteiger partial charge in [-0.15, -0.1) is 0 Å². The van der Waals surface area contributed by atoms with Gasteiger partial charge in [-0.25, -0.2) is 8.42 Å². The Hall–Kier alpha value is -3.20. The van der Waals surface area contributed by atoms with Gasteiger partial charge < -0.3 is 10.1 Å². The summed E-state index contributed by atoms with van der Waals surface area (Å²) < 4.78 is 33.6. The molecule has 0 unspecified atom stereocenters. The zero-order valence-corrected chi connectivity index (χ0v) is 20.2. The molecule has 0 radical (unpaired) electrons. The van der Waals surface area contributed by atoms with E-state index in [4.69, 9.17) is 4.74 Å². The number of nitrogens with zero attached hydrogens (tertiary/aromatic N) is 2.